The van der Waals surface area contributed by atoms with E-state index in [0.717, 1.165) is 17.1 Å². The van der Waals surface area contributed by atoms with Crippen molar-refractivity contribution in [3.05, 3.63) is 23.0 Å². The van der Waals surface area contributed by atoms with Crippen LogP contribution in [0.4, 0.5) is 5.69 Å². The highest BCUT2D eigenvalue weighted by molar-refractivity contribution is 6.01. The molecule has 0 bridgehead atoms. The number of amidine groups is 1. The van der Waals surface area contributed by atoms with E-state index in [4.69, 9.17) is 15.9 Å². The third-order valence-corrected chi connectivity index (χ3v) is 2.85. The Morgan fingerprint density at radius 1 is 1.47 bits per heavy atom. The minimum absolute atomic E-state index is 0.0136. The van der Waals surface area contributed by atoms with Crippen molar-refractivity contribution in [2.75, 3.05) is 38.3 Å². The molecule has 4 N–H and O–H groups in total. The number of aryl methyl sites for hydroxylation is 2. The van der Waals surface area contributed by atoms with Gasteiger partial charge in [-0.3, -0.25) is 10.4 Å². The van der Waals surface area contributed by atoms with Crippen molar-refractivity contribution in [3.8, 4) is 0 Å². The Labute approximate surface area is 113 Å². The fourth-order valence-corrected chi connectivity index (χ4v) is 2.07. The Kier molecular flexibility index (Phi) is 5.72. The normalized spacial score (nSPS) is 10.5. The van der Waals surface area contributed by atoms with E-state index >= 15 is 0 Å². The maximum atomic E-state index is 9.18. The number of anilines is 1. The smallest absolute Gasteiger partial charge is 0.126 e. The molecule has 0 fully saturated rings. The molecule has 0 saturated heterocycles. The molecule has 6 nitrogen and oxygen atoms in total. The largest absolute Gasteiger partial charge is 0.395 e. The van der Waals surface area contributed by atoms with E-state index in [0.29, 0.717) is 25.3 Å². The third kappa shape index (κ3) is 3.90. The molecule has 0 saturated carbocycles. The second kappa shape index (κ2) is 7.06. The highest BCUT2D eigenvalue weighted by Crippen LogP contribution is 2.23. The van der Waals surface area contributed by atoms with Crippen molar-refractivity contribution in [1.82, 2.24) is 4.98 Å². The summed E-state index contributed by atoms with van der Waals surface area (Å²) >= 11 is 0. The minimum Gasteiger partial charge on any atom is -0.395 e. The lowest BCUT2D eigenvalue weighted by molar-refractivity contribution is 0.203. The molecule has 1 heterocycles. The number of aliphatic hydroxyl groups is 1. The minimum atomic E-state index is -0.0136. The van der Waals surface area contributed by atoms with Gasteiger partial charge in [-0.1, -0.05) is 0 Å². The van der Waals surface area contributed by atoms with Crippen molar-refractivity contribution >= 4 is 11.5 Å². The van der Waals surface area contributed by atoms with Crippen LogP contribution < -0.4 is 10.6 Å². The van der Waals surface area contributed by atoms with E-state index in [-0.39, 0.29) is 12.4 Å². The quantitative estimate of drug-likeness (QED) is 0.491. The number of ether oxygens (including phenoxy) is 1. The number of pyridine rings is 1. The molecule has 1 aromatic rings. The van der Waals surface area contributed by atoms with Crippen LogP contribution in [0.15, 0.2) is 6.07 Å². The molecule has 6 heteroatoms. The molecular formula is C13H22N4O2. The molecule has 1 rings (SSSR count). The number of hydrogen-bond donors (Lipinski definition) is 3. The number of methoxy groups -OCH3 is 1. The van der Waals surface area contributed by atoms with Gasteiger partial charge in [-0.2, -0.15) is 0 Å². The Morgan fingerprint density at radius 2 is 2.16 bits per heavy atom. The van der Waals surface area contributed by atoms with Crippen LogP contribution in [0.5, 0.6) is 0 Å². The number of aromatic nitrogens is 1. The number of rotatable bonds is 7. The van der Waals surface area contributed by atoms with Crippen LogP contribution in [0, 0.1) is 19.3 Å². The van der Waals surface area contributed by atoms with Crippen LogP contribution in [0.2, 0.25) is 0 Å². The summed E-state index contributed by atoms with van der Waals surface area (Å²) in [5.74, 6) is -0.0136. The summed E-state index contributed by atoms with van der Waals surface area (Å²) < 4.78 is 5.08. The van der Waals surface area contributed by atoms with Gasteiger partial charge in [0.25, 0.3) is 0 Å². The van der Waals surface area contributed by atoms with Gasteiger partial charge in [0.2, 0.25) is 0 Å². The first-order chi connectivity index (χ1) is 9.01. The third-order valence-electron chi connectivity index (χ3n) is 2.85. The fourth-order valence-electron chi connectivity index (χ4n) is 2.07. The Bertz CT molecular complexity index is 449. The van der Waals surface area contributed by atoms with E-state index in [1.165, 1.54) is 0 Å². The first-order valence-corrected chi connectivity index (χ1v) is 6.18. The first-order valence-electron chi connectivity index (χ1n) is 6.18. The van der Waals surface area contributed by atoms with E-state index in [1.54, 1.807) is 7.11 Å². The number of hydrogen-bond acceptors (Lipinski definition) is 5. The van der Waals surface area contributed by atoms with Crippen LogP contribution in [-0.2, 0) is 4.74 Å². The lowest BCUT2D eigenvalue weighted by Gasteiger charge is -2.27. The maximum Gasteiger partial charge on any atom is 0.126 e. The Hall–Kier alpha value is -1.66. The number of nitrogens with zero attached hydrogens (tertiary/aromatic N) is 2. The summed E-state index contributed by atoms with van der Waals surface area (Å²) in [6.45, 7) is 5.39. The number of nitrogens with one attached hydrogen (secondary N) is 1. The SMILES string of the molecule is COCCN(CCO)c1cc(C)nc(C)c1C(=N)N. The van der Waals surface area contributed by atoms with Crippen LogP contribution in [0.25, 0.3) is 0 Å². The van der Waals surface area contributed by atoms with Gasteiger partial charge in [-0.15, -0.1) is 0 Å². The molecule has 0 aliphatic rings. The van der Waals surface area contributed by atoms with Crippen LogP contribution in [-0.4, -0.2) is 49.3 Å². The molecule has 0 atom stereocenters. The lowest BCUT2D eigenvalue weighted by Crippen LogP contribution is -2.33. The van der Waals surface area contributed by atoms with Gasteiger partial charge in [0.1, 0.15) is 5.84 Å². The predicted octanol–water partition coefficient (Wildman–Crippen LogP) is 0.428. The molecule has 19 heavy (non-hydrogen) atoms. The van der Waals surface area contributed by atoms with Crippen molar-refractivity contribution in [1.29, 1.82) is 5.41 Å². The summed E-state index contributed by atoms with van der Waals surface area (Å²) in [4.78, 5) is 6.30. The highest BCUT2D eigenvalue weighted by atomic mass is 16.5. The van der Waals surface area contributed by atoms with E-state index in [1.807, 2.05) is 24.8 Å². The average molecular weight is 266 g/mol. The summed E-state index contributed by atoms with van der Waals surface area (Å²) in [6.07, 6.45) is 0. The molecule has 0 radical (unpaired) electrons. The molecule has 0 aliphatic heterocycles. The summed E-state index contributed by atoms with van der Waals surface area (Å²) in [5, 5.41) is 16.9. The van der Waals surface area contributed by atoms with E-state index in [2.05, 4.69) is 4.98 Å². The number of nitrogens with two attached hydrogens (primary N) is 1. The van der Waals surface area contributed by atoms with Gasteiger partial charge in [-0.05, 0) is 19.9 Å². The Morgan fingerprint density at radius 3 is 2.68 bits per heavy atom. The average Bonchev–Trinajstić information content (AvgIpc) is 2.32. The molecular weight excluding hydrogens is 244 g/mol. The van der Waals surface area contributed by atoms with E-state index < -0.39 is 0 Å². The molecule has 0 spiro atoms. The summed E-state index contributed by atoms with van der Waals surface area (Å²) in [7, 11) is 1.63. The van der Waals surface area contributed by atoms with E-state index in [9.17, 15) is 5.11 Å². The van der Waals surface area contributed by atoms with Crippen LogP contribution in [0.1, 0.15) is 17.0 Å². The molecule has 1 aromatic heterocycles. The molecule has 0 unspecified atom stereocenters. The van der Waals surface area contributed by atoms with Gasteiger partial charge in [0.15, 0.2) is 0 Å². The standard InChI is InChI=1S/C13H22N4O2/c1-9-8-11(12(13(14)15)10(2)16-9)17(4-6-18)5-7-19-3/h8,18H,4-7H2,1-3H3,(H3,14,15). The van der Waals surface area contributed by atoms with Crippen LogP contribution in [0.3, 0.4) is 0 Å². The van der Waals surface area contributed by atoms with Gasteiger partial charge >= 0.3 is 0 Å². The molecule has 0 aliphatic carbocycles. The topological polar surface area (TPSA) is 95.5 Å². The predicted molar refractivity (Wildman–Crippen MR) is 75.9 cm³/mol. The molecule has 106 valence electrons. The van der Waals surface area contributed by atoms with Gasteiger partial charge in [0.05, 0.1) is 30.2 Å². The van der Waals surface area contributed by atoms with Crippen molar-refractivity contribution in [2.24, 2.45) is 5.73 Å². The second-order valence-corrected chi connectivity index (χ2v) is 4.36. The van der Waals surface area contributed by atoms with Gasteiger partial charge in [0, 0.05) is 25.9 Å². The zero-order chi connectivity index (χ0) is 14.4. The molecule has 0 amide bonds. The first kappa shape index (κ1) is 15.4. The van der Waals surface area contributed by atoms with Gasteiger partial charge < -0.3 is 20.5 Å². The van der Waals surface area contributed by atoms with Crippen molar-refractivity contribution in [2.45, 2.75) is 13.8 Å². The highest BCUT2D eigenvalue weighted by Gasteiger charge is 2.16. The lowest BCUT2D eigenvalue weighted by atomic mass is 10.1. The Balaban J connectivity index is 3.22. The zero-order valence-corrected chi connectivity index (χ0v) is 11.7. The van der Waals surface area contributed by atoms with Crippen LogP contribution >= 0.6 is 0 Å². The van der Waals surface area contributed by atoms with Crippen molar-refractivity contribution < 1.29 is 9.84 Å². The fraction of sp³-hybridized carbons (Fsp3) is 0.538. The van der Waals surface area contributed by atoms with Crippen molar-refractivity contribution in [3.63, 3.8) is 0 Å². The zero-order valence-electron chi connectivity index (χ0n) is 11.7. The molecule has 0 aromatic carbocycles. The second-order valence-electron chi connectivity index (χ2n) is 4.36. The number of aliphatic hydroxyl groups excluding tert-OH is 1. The summed E-state index contributed by atoms with van der Waals surface area (Å²) in [6, 6.07) is 1.88. The summed E-state index contributed by atoms with van der Waals surface area (Å²) in [5.41, 5.74) is 8.68. The van der Waals surface area contributed by atoms with Gasteiger partial charge in [-0.25, -0.2) is 0 Å². The monoisotopic (exact) mass is 266 g/mol. The number of nitrogen functional groups attached to an aromatic ring is 1. The maximum absolute atomic E-state index is 9.18.